The molecule has 3 heterocycles. The number of aryl methyl sites for hydroxylation is 2. The highest BCUT2D eigenvalue weighted by molar-refractivity contribution is 7.18. The molecule has 1 unspecified atom stereocenters. The summed E-state index contributed by atoms with van der Waals surface area (Å²) in [5.41, 5.74) is 2.29. The number of nitrogens with zero attached hydrogens (tertiary/aromatic N) is 3. The summed E-state index contributed by atoms with van der Waals surface area (Å²) in [4.78, 5) is 24.3. The lowest BCUT2D eigenvalue weighted by molar-refractivity contribution is 0.509. The molecule has 0 aromatic carbocycles. The molecule has 120 valence electrons. The van der Waals surface area contributed by atoms with Crippen molar-refractivity contribution in [2.45, 2.75) is 46.1 Å². The summed E-state index contributed by atoms with van der Waals surface area (Å²) in [6.45, 7) is 4.90. The van der Waals surface area contributed by atoms with E-state index in [9.17, 15) is 4.79 Å². The lowest BCUT2D eigenvalue weighted by Gasteiger charge is -2.17. The Morgan fingerprint density at radius 2 is 2.30 bits per heavy atom. The van der Waals surface area contributed by atoms with Crippen LogP contribution in [0.25, 0.3) is 10.2 Å². The van der Waals surface area contributed by atoms with E-state index < -0.39 is 0 Å². The second-order valence-corrected chi connectivity index (χ2v) is 8.32. The van der Waals surface area contributed by atoms with Gasteiger partial charge in [0, 0.05) is 10.3 Å². The molecule has 0 bridgehead atoms. The van der Waals surface area contributed by atoms with Crippen LogP contribution in [-0.2, 0) is 25.8 Å². The topological polar surface area (TPSA) is 47.8 Å². The molecule has 0 aliphatic heterocycles. The summed E-state index contributed by atoms with van der Waals surface area (Å²) < 4.78 is 1.71. The fraction of sp³-hybridized carbons (Fsp3) is 0.471. The Morgan fingerprint density at radius 3 is 3.09 bits per heavy atom. The van der Waals surface area contributed by atoms with Crippen molar-refractivity contribution in [3.63, 3.8) is 0 Å². The standard InChI is InChI=1S/C17H19N3OS2/c1-3-14-19-11(8-22-14)7-20-9-18-16-15(17(20)21)12-5-4-10(2)6-13(12)23-16/h8-10H,3-7H2,1-2H3. The minimum Gasteiger partial charge on any atom is -0.293 e. The van der Waals surface area contributed by atoms with Gasteiger partial charge in [-0.3, -0.25) is 9.36 Å². The number of fused-ring (bicyclic) bond motifs is 3. The fourth-order valence-corrected chi connectivity index (χ4v) is 5.31. The van der Waals surface area contributed by atoms with Gasteiger partial charge in [-0.15, -0.1) is 22.7 Å². The molecule has 0 saturated carbocycles. The third-order valence-corrected chi connectivity index (χ3v) is 6.72. The van der Waals surface area contributed by atoms with E-state index in [0.29, 0.717) is 12.5 Å². The predicted molar refractivity (Wildman–Crippen MR) is 95.7 cm³/mol. The van der Waals surface area contributed by atoms with Gasteiger partial charge in [-0.25, -0.2) is 9.97 Å². The Hall–Kier alpha value is -1.53. The van der Waals surface area contributed by atoms with Crippen LogP contribution in [0.2, 0.25) is 0 Å². The summed E-state index contributed by atoms with van der Waals surface area (Å²) in [5.74, 6) is 0.709. The third-order valence-electron chi connectivity index (χ3n) is 4.52. The zero-order chi connectivity index (χ0) is 16.0. The molecule has 6 heteroatoms. The molecule has 0 fully saturated rings. The summed E-state index contributed by atoms with van der Waals surface area (Å²) in [7, 11) is 0. The molecule has 3 aromatic rings. The molecular formula is C17H19N3OS2. The maximum absolute atomic E-state index is 12.9. The highest BCUT2D eigenvalue weighted by Gasteiger charge is 2.23. The van der Waals surface area contributed by atoms with Crippen LogP contribution in [0.4, 0.5) is 0 Å². The molecule has 4 rings (SSSR count). The highest BCUT2D eigenvalue weighted by atomic mass is 32.1. The van der Waals surface area contributed by atoms with Crippen molar-refractivity contribution < 1.29 is 0 Å². The van der Waals surface area contributed by atoms with E-state index in [1.54, 1.807) is 33.6 Å². The van der Waals surface area contributed by atoms with Crippen LogP contribution < -0.4 is 5.56 Å². The predicted octanol–water partition coefficient (Wildman–Crippen LogP) is 3.65. The van der Waals surface area contributed by atoms with Crippen molar-refractivity contribution in [1.29, 1.82) is 0 Å². The minimum atomic E-state index is 0.0908. The van der Waals surface area contributed by atoms with Gasteiger partial charge >= 0.3 is 0 Å². The number of thiophene rings is 1. The van der Waals surface area contributed by atoms with Gasteiger partial charge in [-0.1, -0.05) is 13.8 Å². The van der Waals surface area contributed by atoms with Crippen LogP contribution in [0.1, 0.15) is 41.4 Å². The number of rotatable bonds is 3. The molecule has 0 N–H and O–H groups in total. The number of aromatic nitrogens is 3. The van der Waals surface area contributed by atoms with Crippen LogP contribution in [-0.4, -0.2) is 14.5 Å². The Morgan fingerprint density at radius 1 is 1.43 bits per heavy atom. The van der Waals surface area contributed by atoms with Crippen LogP contribution >= 0.6 is 22.7 Å². The van der Waals surface area contributed by atoms with Gasteiger partial charge in [-0.05, 0) is 37.2 Å². The first-order valence-electron chi connectivity index (χ1n) is 8.08. The van der Waals surface area contributed by atoms with Crippen molar-refractivity contribution >= 4 is 32.9 Å². The van der Waals surface area contributed by atoms with Crippen LogP contribution in [0.15, 0.2) is 16.5 Å². The van der Waals surface area contributed by atoms with Crippen molar-refractivity contribution in [3.8, 4) is 0 Å². The zero-order valence-electron chi connectivity index (χ0n) is 13.3. The molecule has 0 amide bonds. The molecule has 3 aromatic heterocycles. The molecule has 23 heavy (non-hydrogen) atoms. The van der Waals surface area contributed by atoms with Gasteiger partial charge in [0.05, 0.1) is 29.0 Å². The maximum Gasteiger partial charge on any atom is 0.262 e. The van der Waals surface area contributed by atoms with Crippen LogP contribution in [0.5, 0.6) is 0 Å². The average Bonchev–Trinajstić information content (AvgIpc) is 3.13. The Labute approximate surface area is 142 Å². The van der Waals surface area contributed by atoms with Crippen LogP contribution in [0, 0.1) is 5.92 Å². The lowest BCUT2D eigenvalue weighted by Crippen LogP contribution is -2.22. The van der Waals surface area contributed by atoms with E-state index in [-0.39, 0.29) is 5.56 Å². The Balaban J connectivity index is 1.77. The lowest BCUT2D eigenvalue weighted by atomic mass is 9.89. The van der Waals surface area contributed by atoms with E-state index in [0.717, 1.165) is 40.2 Å². The van der Waals surface area contributed by atoms with Gasteiger partial charge in [0.25, 0.3) is 5.56 Å². The zero-order valence-corrected chi connectivity index (χ0v) is 15.0. The highest BCUT2D eigenvalue weighted by Crippen LogP contribution is 2.35. The number of thiazole rings is 1. The van der Waals surface area contributed by atoms with Crippen LogP contribution in [0.3, 0.4) is 0 Å². The summed E-state index contributed by atoms with van der Waals surface area (Å²) >= 11 is 3.36. The number of hydrogen-bond acceptors (Lipinski definition) is 5. The van der Waals surface area contributed by atoms with E-state index >= 15 is 0 Å². The van der Waals surface area contributed by atoms with Crippen molar-refractivity contribution in [2.24, 2.45) is 5.92 Å². The molecule has 0 spiro atoms. The van der Waals surface area contributed by atoms with Crippen molar-refractivity contribution in [1.82, 2.24) is 14.5 Å². The SMILES string of the molecule is CCc1nc(Cn2cnc3sc4c(c3c2=O)CCC(C)C4)cs1. The summed E-state index contributed by atoms with van der Waals surface area (Å²) in [5, 5.41) is 4.01. The first-order chi connectivity index (χ1) is 11.2. The minimum absolute atomic E-state index is 0.0908. The summed E-state index contributed by atoms with van der Waals surface area (Å²) in [6, 6.07) is 0. The van der Waals surface area contributed by atoms with E-state index in [4.69, 9.17) is 0 Å². The smallest absolute Gasteiger partial charge is 0.262 e. The van der Waals surface area contributed by atoms with Gasteiger partial charge < -0.3 is 0 Å². The molecule has 1 atom stereocenters. The molecule has 0 saturated heterocycles. The number of hydrogen-bond donors (Lipinski definition) is 0. The molecule has 1 aliphatic rings. The largest absolute Gasteiger partial charge is 0.293 e. The van der Waals surface area contributed by atoms with Gasteiger partial charge in [-0.2, -0.15) is 0 Å². The van der Waals surface area contributed by atoms with Gasteiger partial charge in [0.1, 0.15) is 4.83 Å². The molecule has 0 radical (unpaired) electrons. The second-order valence-electron chi connectivity index (χ2n) is 6.30. The second kappa shape index (κ2) is 5.83. The monoisotopic (exact) mass is 345 g/mol. The Kier molecular flexibility index (Phi) is 3.81. The quantitative estimate of drug-likeness (QED) is 0.728. The fourth-order valence-electron chi connectivity index (χ4n) is 3.24. The normalized spacial score (nSPS) is 17.6. The molecule has 1 aliphatic carbocycles. The van der Waals surface area contributed by atoms with Crippen molar-refractivity contribution in [3.05, 3.63) is 43.2 Å². The molecule has 4 nitrogen and oxygen atoms in total. The van der Waals surface area contributed by atoms with E-state index in [2.05, 4.69) is 23.8 Å². The maximum atomic E-state index is 12.9. The first kappa shape index (κ1) is 15.0. The average molecular weight is 345 g/mol. The third kappa shape index (κ3) is 2.64. The van der Waals surface area contributed by atoms with E-state index in [1.807, 2.05) is 5.38 Å². The summed E-state index contributed by atoms with van der Waals surface area (Å²) in [6.07, 6.45) is 5.88. The molecular weight excluding hydrogens is 326 g/mol. The van der Waals surface area contributed by atoms with Gasteiger partial charge in [0.2, 0.25) is 0 Å². The van der Waals surface area contributed by atoms with Gasteiger partial charge in [0.15, 0.2) is 0 Å². The first-order valence-corrected chi connectivity index (χ1v) is 9.78. The van der Waals surface area contributed by atoms with E-state index in [1.165, 1.54) is 16.9 Å². The Bertz CT molecular complexity index is 922. The van der Waals surface area contributed by atoms with Crippen molar-refractivity contribution in [2.75, 3.05) is 0 Å².